The maximum Gasteiger partial charge on any atom is 0.335 e. The third-order valence-electron chi connectivity index (χ3n) is 2.79. The highest BCUT2D eigenvalue weighted by atomic mass is 35.5. The molecule has 0 aromatic heterocycles. The molecule has 5 heteroatoms. The minimum atomic E-state index is -0.926. The molecule has 2 rings (SSSR count). The zero-order chi connectivity index (χ0) is 12.3. The van der Waals surface area contributed by atoms with Crippen molar-refractivity contribution >= 4 is 17.6 Å². The second kappa shape index (κ2) is 5.49. The minimum absolute atomic E-state index is 0.276. The number of benzene rings is 1. The molecule has 0 aliphatic carbocycles. The molecule has 92 valence electrons. The Morgan fingerprint density at radius 1 is 1.41 bits per heavy atom. The van der Waals surface area contributed by atoms with E-state index in [-0.39, 0.29) is 5.56 Å². The summed E-state index contributed by atoms with van der Waals surface area (Å²) in [4.78, 5) is 13.1. The normalized spacial score (nSPS) is 17.0. The van der Waals surface area contributed by atoms with E-state index in [1.165, 1.54) is 6.07 Å². The molecule has 0 radical (unpaired) electrons. The summed E-state index contributed by atoms with van der Waals surface area (Å²) in [6.45, 7) is 3.82. The van der Waals surface area contributed by atoms with Crippen LogP contribution in [0.2, 0.25) is 5.02 Å². The summed E-state index contributed by atoms with van der Waals surface area (Å²) in [6, 6.07) is 4.80. The van der Waals surface area contributed by atoms with Crippen molar-refractivity contribution < 1.29 is 14.6 Å². The summed E-state index contributed by atoms with van der Waals surface area (Å²) in [5, 5.41) is 9.54. The Labute approximate surface area is 105 Å². The number of carboxylic acids is 1. The van der Waals surface area contributed by atoms with Crippen LogP contribution in [0.5, 0.6) is 0 Å². The van der Waals surface area contributed by atoms with Crippen LogP contribution in [0, 0.1) is 0 Å². The smallest absolute Gasteiger partial charge is 0.335 e. The highest BCUT2D eigenvalue weighted by Gasteiger charge is 2.14. The molecule has 0 saturated carbocycles. The Morgan fingerprint density at radius 3 is 2.76 bits per heavy atom. The van der Waals surface area contributed by atoms with Crippen molar-refractivity contribution in [2.45, 2.75) is 6.54 Å². The molecule has 0 unspecified atom stereocenters. The van der Waals surface area contributed by atoms with Crippen molar-refractivity contribution in [1.82, 2.24) is 4.90 Å². The fourth-order valence-electron chi connectivity index (χ4n) is 1.83. The number of morpholine rings is 1. The number of ether oxygens (including phenoxy) is 1. The lowest BCUT2D eigenvalue weighted by Gasteiger charge is -2.26. The van der Waals surface area contributed by atoms with Crippen LogP contribution >= 0.6 is 11.6 Å². The van der Waals surface area contributed by atoms with Crippen LogP contribution in [0.3, 0.4) is 0 Å². The molecule has 1 N–H and O–H groups in total. The Hall–Kier alpha value is -1.10. The van der Waals surface area contributed by atoms with E-state index in [1.54, 1.807) is 12.1 Å². The van der Waals surface area contributed by atoms with Crippen molar-refractivity contribution in [2.75, 3.05) is 26.3 Å². The summed E-state index contributed by atoms with van der Waals surface area (Å²) >= 11 is 6.07. The Kier molecular flexibility index (Phi) is 3.99. The zero-order valence-corrected chi connectivity index (χ0v) is 10.1. The molecule has 1 heterocycles. The van der Waals surface area contributed by atoms with Crippen LogP contribution in [0.4, 0.5) is 0 Å². The van der Waals surface area contributed by atoms with Gasteiger partial charge in [0.05, 0.1) is 18.8 Å². The number of halogens is 1. The lowest BCUT2D eigenvalue weighted by molar-refractivity contribution is 0.0341. The van der Waals surface area contributed by atoms with E-state index in [2.05, 4.69) is 4.90 Å². The van der Waals surface area contributed by atoms with Gasteiger partial charge in [-0.2, -0.15) is 0 Å². The number of nitrogens with zero attached hydrogens (tertiary/aromatic N) is 1. The molecule has 1 aromatic rings. The van der Waals surface area contributed by atoms with Gasteiger partial charge in [-0.15, -0.1) is 0 Å². The Balaban J connectivity index is 2.13. The molecular weight excluding hydrogens is 242 g/mol. The van der Waals surface area contributed by atoms with Gasteiger partial charge in [0, 0.05) is 24.7 Å². The monoisotopic (exact) mass is 255 g/mol. The standard InChI is InChI=1S/C12H14ClNO3/c13-11-2-1-9(12(15)16)7-10(11)8-14-3-5-17-6-4-14/h1-2,7H,3-6,8H2,(H,15,16). The van der Waals surface area contributed by atoms with Crippen LogP contribution in [0.15, 0.2) is 18.2 Å². The molecule has 0 amide bonds. The van der Waals surface area contributed by atoms with E-state index < -0.39 is 5.97 Å². The maximum atomic E-state index is 10.9. The molecule has 1 aromatic carbocycles. The van der Waals surface area contributed by atoms with Gasteiger partial charge >= 0.3 is 5.97 Å². The van der Waals surface area contributed by atoms with Crippen LogP contribution in [-0.4, -0.2) is 42.3 Å². The van der Waals surface area contributed by atoms with Crippen molar-refractivity contribution in [3.05, 3.63) is 34.3 Å². The summed E-state index contributed by atoms with van der Waals surface area (Å²) in [5.74, 6) is -0.926. The Bertz CT molecular complexity index is 416. The number of hydrogen-bond donors (Lipinski definition) is 1. The number of carbonyl (C=O) groups is 1. The molecule has 0 atom stereocenters. The first-order valence-corrected chi connectivity index (χ1v) is 5.86. The maximum absolute atomic E-state index is 10.9. The van der Waals surface area contributed by atoms with E-state index in [1.807, 2.05) is 0 Å². The first kappa shape index (κ1) is 12.4. The van der Waals surface area contributed by atoms with E-state index in [4.69, 9.17) is 21.4 Å². The average Bonchev–Trinajstić information content (AvgIpc) is 2.33. The van der Waals surface area contributed by atoms with Gasteiger partial charge in [-0.3, -0.25) is 4.90 Å². The molecule has 1 fully saturated rings. The molecule has 0 spiro atoms. The lowest BCUT2D eigenvalue weighted by Crippen LogP contribution is -2.35. The van der Waals surface area contributed by atoms with Crippen LogP contribution in [-0.2, 0) is 11.3 Å². The van der Waals surface area contributed by atoms with Gasteiger partial charge in [0.1, 0.15) is 0 Å². The van der Waals surface area contributed by atoms with Gasteiger partial charge in [0.2, 0.25) is 0 Å². The highest BCUT2D eigenvalue weighted by molar-refractivity contribution is 6.31. The molecule has 1 saturated heterocycles. The largest absolute Gasteiger partial charge is 0.478 e. The first-order valence-electron chi connectivity index (χ1n) is 5.48. The molecule has 1 aliphatic heterocycles. The van der Waals surface area contributed by atoms with Crippen LogP contribution in [0.1, 0.15) is 15.9 Å². The topological polar surface area (TPSA) is 49.8 Å². The predicted molar refractivity (Wildman–Crippen MR) is 64.5 cm³/mol. The number of carboxylic acid groups (broad SMARTS) is 1. The van der Waals surface area contributed by atoms with Gasteiger partial charge in [-0.05, 0) is 23.8 Å². The van der Waals surface area contributed by atoms with E-state index >= 15 is 0 Å². The molecule has 4 nitrogen and oxygen atoms in total. The Morgan fingerprint density at radius 2 is 2.12 bits per heavy atom. The van der Waals surface area contributed by atoms with Crippen molar-refractivity contribution in [1.29, 1.82) is 0 Å². The summed E-state index contributed by atoms with van der Waals surface area (Å²) in [5.41, 5.74) is 1.13. The van der Waals surface area contributed by atoms with Gasteiger partial charge in [-0.1, -0.05) is 11.6 Å². The predicted octanol–water partition coefficient (Wildman–Crippen LogP) is 1.87. The number of rotatable bonds is 3. The van der Waals surface area contributed by atoms with Crippen LogP contribution < -0.4 is 0 Å². The van der Waals surface area contributed by atoms with Crippen molar-refractivity contribution in [3.8, 4) is 0 Å². The van der Waals surface area contributed by atoms with Gasteiger partial charge in [-0.25, -0.2) is 4.79 Å². The van der Waals surface area contributed by atoms with E-state index in [0.717, 1.165) is 31.9 Å². The summed E-state index contributed by atoms with van der Waals surface area (Å²) < 4.78 is 5.26. The SMILES string of the molecule is O=C(O)c1ccc(Cl)c(CN2CCOCC2)c1. The highest BCUT2D eigenvalue weighted by Crippen LogP contribution is 2.20. The van der Waals surface area contributed by atoms with Crippen LogP contribution in [0.25, 0.3) is 0 Å². The van der Waals surface area contributed by atoms with E-state index in [9.17, 15) is 4.79 Å². The average molecular weight is 256 g/mol. The molecule has 17 heavy (non-hydrogen) atoms. The minimum Gasteiger partial charge on any atom is -0.478 e. The van der Waals surface area contributed by atoms with Crippen molar-refractivity contribution in [2.24, 2.45) is 0 Å². The second-order valence-corrected chi connectivity index (χ2v) is 4.41. The first-order chi connectivity index (χ1) is 8.16. The quantitative estimate of drug-likeness (QED) is 0.896. The third kappa shape index (κ3) is 3.19. The summed E-state index contributed by atoms with van der Waals surface area (Å²) in [6.07, 6.45) is 0. The molecular formula is C12H14ClNO3. The molecule has 1 aliphatic rings. The summed E-state index contributed by atoms with van der Waals surface area (Å²) in [7, 11) is 0. The number of aromatic carboxylic acids is 1. The van der Waals surface area contributed by atoms with Gasteiger partial charge in [0.25, 0.3) is 0 Å². The number of hydrogen-bond acceptors (Lipinski definition) is 3. The second-order valence-electron chi connectivity index (χ2n) is 4.00. The zero-order valence-electron chi connectivity index (χ0n) is 9.36. The van der Waals surface area contributed by atoms with Gasteiger partial charge < -0.3 is 9.84 Å². The molecule has 0 bridgehead atoms. The lowest BCUT2D eigenvalue weighted by atomic mass is 10.1. The van der Waals surface area contributed by atoms with Gasteiger partial charge in [0.15, 0.2) is 0 Å². The fourth-order valence-corrected chi connectivity index (χ4v) is 2.01. The van der Waals surface area contributed by atoms with Crippen molar-refractivity contribution in [3.63, 3.8) is 0 Å². The fraction of sp³-hybridized carbons (Fsp3) is 0.417. The third-order valence-corrected chi connectivity index (χ3v) is 3.16. The van der Waals surface area contributed by atoms with E-state index in [0.29, 0.717) is 11.6 Å².